The van der Waals surface area contributed by atoms with Crippen molar-refractivity contribution in [2.75, 3.05) is 33.5 Å². The molecular formula is C14H25N3O2. The first-order valence-corrected chi connectivity index (χ1v) is 6.78. The van der Waals surface area contributed by atoms with Crippen molar-refractivity contribution >= 4 is 0 Å². The predicted molar refractivity (Wildman–Crippen MR) is 75.3 cm³/mol. The average molecular weight is 267 g/mol. The smallest absolute Gasteiger partial charge is 0.131 e. The molecule has 0 bridgehead atoms. The lowest BCUT2D eigenvalue weighted by molar-refractivity contribution is 0.0716. The molecule has 0 fully saturated rings. The fourth-order valence-corrected chi connectivity index (χ4v) is 1.97. The van der Waals surface area contributed by atoms with Gasteiger partial charge in [0.25, 0.3) is 0 Å². The average Bonchev–Trinajstić information content (AvgIpc) is 2.38. The van der Waals surface area contributed by atoms with Crippen LogP contribution in [0.15, 0.2) is 0 Å². The lowest BCUT2D eigenvalue weighted by atomic mass is 10.1. The summed E-state index contributed by atoms with van der Waals surface area (Å²) >= 11 is 0. The summed E-state index contributed by atoms with van der Waals surface area (Å²) in [7, 11) is 1.67. The third kappa shape index (κ3) is 5.63. The Kier molecular flexibility index (Phi) is 7.55. The maximum Gasteiger partial charge on any atom is 0.131 e. The molecule has 0 unspecified atom stereocenters. The molecule has 108 valence electrons. The molecule has 1 heterocycles. The highest BCUT2D eigenvalue weighted by Crippen LogP contribution is 2.12. The minimum atomic E-state index is 0.614. The molecule has 0 amide bonds. The van der Waals surface area contributed by atoms with Crippen molar-refractivity contribution in [2.24, 2.45) is 5.73 Å². The summed E-state index contributed by atoms with van der Waals surface area (Å²) in [6, 6.07) is 0. The maximum atomic E-state index is 5.54. The van der Waals surface area contributed by atoms with Gasteiger partial charge >= 0.3 is 0 Å². The molecule has 1 rings (SSSR count). The first kappa shape index (κ1) is 16.0. The van der Waals surface area contributed by atoms with Gasteiger partial charge in [0.05, 0.1) is 19.8 Å². The molecule has 0 saturated heterocycles. The first-order chi connectivity index (χ1) is 9.19. The van der Waals surface area contributed by atoms with E-state index in [1.807, 2.05) is 13.8 Å². The van der Waals surface area contributed by atoms with E-state index in [9.17, 15) is 0 Å². The second-order valence-corrected chi connectivity index (χ2v) is 4.54. The van der Waals surface area contributed by atoms with Gasteiger partial charge in [0.2, 0.25) is 0 Å². The fraction of sp³-hybridized carbons (Fsp3) is 0.714. The standard InChI is InChI=1S/C14H25N3O2/c1-11-13(5-4-7-15)12(2)17-14(16-11)6-8-19-10-9-18-3/h4-10,15H2,1-3H3. The van der Waals surface area contributed by atoms with Gasteiger partial charge in [-0.3, -0.25) is 0 Å². The van der Waals surface area contributed by atoms with Crippen LogP contribution in [-0.2, 0) is 22.3 Å². The summed E-state index contributed by atoms with van der Waals surface area (Å²) < 4.78 is 10.4. The van der Waals surface area contributed by atoms with Crippen LogP contribution in [0.2, 0.25) is 0 Å². The van der Waals surface area contributed by atoms with Crippen LogP contribution in [0, 0.1) is 13.8 Å². The normalized spacial score (nSPS) is 10.9. The Morgan fingerprint density at radius 3 is 2.26 bits per heavy atom. The first-order valence-electron chi connectivity index (χ1n) is 6.78. The molecule has 5 nitrogen and oxygen atoms in total. The van der Waals surface area contributed by atoms with Crippen molar-refractivity contribution in [3.8, 4) is 0 Å². The zero-order valence-corrected chi connectivity index (χ0v) is 12.2. The van der Waals surface area contributed by atoms with E-state index in [0.29, 0.717) is 26.4 Å². The molecule has 0 aliphatic rings. The zero-order chi connectivity index (χ0) is 14.1. The van der Waals surface area contributed by atoms with Gasteiger partial charge in [-0.2, -0.15) is 0 Å². The summed E-state index contributed by atoms with van der Waals surface area (Å²) in [6.07, 6.45) is 2.67. The van der Waals surface area contributed by atoms with Crippen LogP contribution in [0.5, 0.6) is 0 Å². The van der Waals surface area contributed by atoms with Crippen molar-refractivity contribution in [1.82, 2.24) is 9.97 Å². The largest absolute Gasteiger partial charge is 0.382 e. The monoisotopic (exact) mass is 267 g/mol. The Morgan fingerprint density at radius 1 is 1.00 bits per heavy atom. The third-order valence-electron chi connectivity index (χ3n) is 3.00. The van der Waals surface area contributed by atoms with Gasteiger partial charge < -0.3 is 15.2 Å². The van der Waals surface area contributed by atoms with Crippen LogP contribution in [0.25, 0.3) is 0 Å². The van der Waals surface area contributed by atoms with Crippen molar-refractivity contribution in [3.63, 3.8) is 0 Å². The predicted octanol–water partition coefficient (Wildman–Crippen LogP) is 1.19. The Hall–Kier alpha value is -1.04. The van der Waals surface area contributed by atoms with Crippen LogP contribution in [0.3, 0.4) is 0 Å². The van der Waals surface area contributed by atoms with E-state index >= 15 is 0 Å². The molecule has 0 aliphatic carbocycles. The lowest BCUT2D eigenvalue weighted by Gasteiger charge is -2.10. The summed E-state index contributed by atoms with van der Waals surface area (Å²) in [6.45, 7) is 6.64. The molecule has 0 saturated carbocycles. The van der Waals surface area contributed by atoms with Crippen LogP contribution in [0.4, 0.5) is 0 Å². The van der Waals surface area contributed by atoms with E-state index in [0.717, 1.165) is 36.5 Å². The van der Waals surface area contributed by atoms with Gasteiger partial charge in [0.1, 0.15) is 5.82 Å². The Labute approximate surface area is 115 Å². The second kappa shape index (κ2) is 8.96. The van der Waals surface area contributed by atoms with E-state index < -0.39 is 0 Å². The molecule has 19 heavy (non-hydrogen) atoms. The molecular weight excluding hydrogens is 242 g/mol. The quantitative estimate of drug-likeness (QED) is 0.681. The molecule has 0 aliphatic heterocycles. The van der Waals surface area contributed by atoms with Gasteiger partial charge in [-0.25, -0.2) is 9.97 Å². The minimum absolute atomic E-state index is 0.614. The molecule has 0 atom stereocenters. The molecule has 1 aromatic heterocycles. The lowest BCUT2D eigenvalue weighted by Crippen LogP contribution is -2.11. The molecule has 1 aromatic rings. The van der Waals surface area contributed by atoms with Crippen LogP contribution in [0.1, 0.15) is 29.2 Å². The van der Waals surface area contributed by atoms with Crippen LogP contribution < -0.4 is 5.73 Å². The Balaban J connectivity index is 2.52. The van der Waals surface area contributed by atoms with E-state index in [4.69, 9.17) is 15.2 Å². The van der Waals surface area contributed by atoms with Gasteiger partial charge in [-0.1, -0.05) is 0 Å². The molecule has 0 radical (unpaired) electrons. The number of methoxy groups -OCH3 is 1. The molecule has 0 aromatic carbocycles. The zero-order valence-electron chi connectivity index (χ0n) is 12.2. The number of nitrogens with two attached hydrogens (primary N) is 1. The second-order valence-electron chi connectivity index (χ2n) is 4.54. The van der Waals surface area contributed by atoms with Crippen LogP contribution in [-0.4, -0.2) is 43.4 Å². The summed E-state index contributed by atoms with van der Waals surface area (Å²) in [4.78, 5) is 9.08. The van der Waals surface area contributed by atoms with Gasteiger partial charge in [0, 0.05) is 24.9 Å². The SMILES string of the molecule is COCCOCCc1nc(C)c(CCCN)c(C)n1. The fourth-order valence-electron chi connectivity index (χ4n) is 1.97. The highest BCUT2D eigenvalue weighted by molar-refractivity contribution is 5.24. The van der Waals surface area contributed by atoms with E-state index in [1.165, 1.54) is 5.56 Å². The number of rotatable bonds is 9. The van der Waals surface area contributed by atoms with Crippen molar-refractivity contribution in [2.45, 2.75) is 33.1 Å². The van der Waals surface area contributed by atoms with E-state index in [1.54, 1.807) is 7.11 Å². The maximum absolute atomic E-state index is 5.54. The Morgan fingerprint density at radius 2 is 1.68 bits per heavy atom. The van der Waals surface area contributed by atoms with Crippen molar-refractivity contribution < 1.29 is 9.47 Å². The van der Waals surface area contributed by atoms with Gasteiger partial charge in [0.15, 0.2) is 0 Å². The Bertz CT molecular complexity index is 360. The highest BCUT2D eigenvalue weighted by Gasteiger charge is 2.08. The minimum Gasteiger partial charge on any atom is -0.382 e. The summed E-state index contributed by atoms with van der Waals surface area (Å²) in [5.74, 6) is 0.851. The highest BCUT2D eigenvalue weighted by atomic mass is 16.5. The molecule has 0 spiro atoms. The summed E-state index contributed by atoms with van der Waals surface area (Å²) in [5.41, 5.74) is 8.90. The summed E-state index contributed by atoms with van der Waals surface area (Å²) in [5, 5.41) is 0. The number of hydrogen-bond donors (Lipinski definition) is 1. The van der Waals surface area contributed by atoms with Crippen LogP contribution >= 0.6 is 0 Å². The van der Waals surface area contributed by atoms with Gasteiger partial charge in [-0.15, -0.1) is 0 Å². The number of hydrogen-bond acceptors (Lipinski definition) is 5. The number of nitrogens with zero attached hydrogens (tertiary/aromatic N) is 2. The molecule has 5 heteroatoms. The number of aromatic nitrogens is 2. The van der Waals surface area contributed by atoms with E-state index in [-0.39, 0.29) is 0 Å². The third-order valence-corrected chi connectivity index (χ3v) is 3.00. The van der Waals surface area contributed by atoms with Crippen molar-refractivity contribution in [3.05, 3.63) is 22.8 Å². The molecule has 2 N–H and O–H groups in total. The van der Waals surface area contributed by atoms with E-state index in [2.05, 4.69) is 9.97 Å². The number of aryl methyl sites for hydroxylation is 2. The number of ether oxygens (including phenoxy) is 2. The topological polar surface area (TPSA) is 70.3 Å². The van der Waals surface area contributed by atoms with Crippen molar-refractivity contribution in [1.29, 1.82) is 0 Å². The van der Waals surface area contributed by atoms with Gasteiger partial charge in [-0.05, 0) is 38.8 Å².